The molecule has 2 atom stereocenters. The number of aliphatic carboxylic acids is 1. The van der Waals surface area contributed by atoms with E-state index in [0.29, 0.717) is 19.6 Å². The molecule has 0 amide bonds. The second-order valence-corrected chi connectivity index (χ2v) is 5.82. The molecule has 128 valence electrons. The Morgan fingerprint density at radius 1 is 1.35 bits per heavy atom. The monoisotopic (exact) mass is 331 g/mol. The van der Waals surface area contributed by atoms with Crippen LogP contribution in [0, 0.1) is 18.8 Å². The molecule has 1 aliphatic heterocycles. The summed E-state index contributed by atoms with van der Waals surface area (Å²) in [5, 5.41) is 8.96. The molecule has 2 rings (SSSR count). The van der Waals surface area contributed by atoms with E-state index in [9.17, 15) is 18.0 Å². The molecular formula is C16H20F3NO3. The third-order valence-corrected chi connectivity index (χ3v) is 4.10. The number of rotatable bonds is 6. The van der Waals surface area contributed by atoms with E-state index in [1.54, 1.807) is 4.90 Å². The Morgan fingerprint density at radius 2 is 2.04 bits per heavy atom. The minimum atomic E-state index is -4.48. The molecule has 0 aromatic heterocycles. The average Bonchev–Trinajstić information content (AvgIpc) is 2.90. The van der Waals surface area contributed by atoms with Gasteiger partial charge in [-0.2, -0.15) is 13.2 Å². The third kappa shape index (κ3) is 4.60. The van der Waals surface area contributed by atoms with Gasteiger partial charge in [0.2, 0.25) is 0 Å². The zero-order chi connectivity index (χ0) is 17.0. The van der Waals surface area contributed by atoms with Crippen LogP contribution in [-0.4, -0.2) is 48.4 Å². The number of hydrogen-bond acceptors (Lipinski definition) is 3. The van der Waals surface area contributed by atoms with E-state index in [1.807, 2.05) is 31.2 Å². The van der Waals surface area contributed by atoms with Gasteiger partial charge in [0.05, 0.1) is 18.4 Å². The molecule has 1 heterocycles. The maximum absolute atomic E-state index is 12.9. The van der Waals surface area contributed by atoms with Crippen LogP contribution in [0.3, 0.4) is 0 Å². The maximum Gasteiger partial charge on any atom is 0.393 e. The van der Waals surface area contributed by atoms with Crippen molar-refractivity contribution in [1.82, 2.24) is 4.90 Å². The lowest BCUT2D eigenvalue weighted by Gasteiger charge is -2.18. The first-order chi connectivity index (χ1) is 10.8. The van der Waals surface area contributed by atoms with Gasteiger partial charge >= 0.3 is 12.1 Å². The van der Waals surface area contributed by atoms with Crippen molar-refractivity contribution in [3.05, 3.63) is 29.8 Å². The number of benzene rings is 1. The van der Waals surface area contributed by atoms with Crippen molar-refractivity contribution < 1.29 is 27.8 Å². The highest BCUT2D eigenvalue weighted by molar-refractivity contribution is 5.71. The normalized spacial score (nSPS) is 22.3. The Hall–Kier alpha value is -1.76. The molecule has 0 bridgehead atoms. The molecule has 0 radical (unpaired) electrons. The fraction of sp³-hybridized carbons (Fsp3) is 0.562. The largest absolute Gasteiger partial charge is 0.493 e. The number of alkyl halides is 3. The van der Waals surface area contributed by atoms with Gasteiger partial charge in [-0.25, -0.2) is 0 Å². The molecule has 23 heavy (non-hydrogen) atoms. The van der Waals surface area contributed by atoms with Crippen molar-refractivity contribution in [2.45, 2.75) is 19.5 Å². The summed E-state index contributed by atoms with van der Waals surface area (Å²) >= 11 is 0. The SMILES string of the molecule is Cc1ccccc1OCCCN1C[C@@H](C(F)(F)F)[C@H](C(=O)O)C1. The van der Waals surface area contributed by atoms with Gasteiger partial charge in [0.25, 0.3) is 0 Å². The summed E-state index contributed by atoms with van der Waals surface area (Å²) in [6.45, 7) is 2.37. The van der Waals surface area contributed by atoms with Gasteiger partial charge in [-0.05, 0) is 25.0 Å². The van der Waals surface area contributed by atoms with Crippen molar-refractivity contribution in [3.63, 3.8) is 0 Å². The number of carbonyl (C=O) groups is 1. The number of para-hydroxylation sites is 1. The standard InChI is InChI=1S/C16H20F3NO3/c1-11-5-2-3-6-14(11)23-8-4-7-20-9-12(15(21)22)13(10-20)16(17,18)19/h2-3,5-6,12-13H,4,7-10H2,1H3,(H,21,22)/t12-,13-/m1/s1. The Labute approximate surface area is 132 Å². The quantitative estimate of drug-likeness (QED) is 0.814. The summed E-state index contributed by atoms with van der Waals surface area (Å²) in [5.74, 6) is -3.80. The summed E-state index contributed by atoms with van der Waals surface area (Å²) in [6.07, 6.45) is -3.93. The maximum atomic E-state index is 12.9. The summed E-state index contributed by atoms with van der Waals surface area (Å²) in [4.78, 5) is 12.6. The van der Waals surface area contributed by atoms with Crippen LogP contribution >= 0.6 is 0 Å². The molecule has 0 unspecified atom stereocenters. The lowest BCUT2D eigenvalue weighted by Crippen LogP contribution is -2.33. The molecule has 1 aliphatic rings. The number of carboxylic acid groups (broad SMARTS) is 1. The second-order valence-electron chi connectivity index (χ2n) is 5.82. The zero-order valence-electron chi connectivity index (χ0n) is 12.8. The van der Waals surface area contributed by atoms with Crippen LogP contribution in [0.4, 0.5) is 13.2 Å². The lowest BCUT2D eigenvalue weighted by molar-refractivity contribution is -0.188. The Kier molecular flexibility index (Phi) is 5.51. The second kappa shape index (κ2) is 7.21. The predicted molar refractivity (Wildman–Crippen MR) is 78.4 cm³/mol. The number of likely N-dealkylation sites (tertiary alicyclic amines) is 1. The molecule has 1 aromatic carbocycles. The van der Waals surface area contributed by atoms with Gasteiger partial charge in [-0.3, -0.25) is 4.79 Å². The van der Waals surface area contributed by atoms with Crippen molar-refractivity contribution in [2.75, 3.05) is 26.2 Å². The molecule has 4 nitrogen and oxygen atoms in total. The van der Waals surface area contributed by atoms with Crippen LogP contribution in [0.15, 0.2) is 24.3 Å². The van der Waals surface area contributed by atoms with Gasteiger partial charge in [0.1, 0.15) is 5.75 Å². The van der Waals surface area contributed by atoms with Crippen molar-refractivity contribution in [1.29, 1.82) is 0 Å². The van der Waals surface area contributed by atoms with Gasteiger partial charge in [-0.1, -0.05) is 18.2 Å². The van der Waals surface area contributed by atoms with E-state index < -0.39 is 24.0 Å². The summed E-state index contributed by atoms with van der Waals surface area (Å²) in [6, 6.07) is 7.51. The highest BCUT2D eigenvalue weighted by Gasteiger charge is 2.52. The number of halogens is 3. The van der Waals surface area contributed by atoms with E-state index in [2.05, 4.69) is 0 Å². The highest BCUT2D eigenvalue weighted by atomic mass is 19.4. The first-order valence-electron chi connectivity index (χ1n) is 7.49. The molecule has 1 aromatic rings. The number of carboxylic acids is 1. The fourth-order valence-electron chi connectivity index (χ4n) is 2.84. The van der Waals surface area contributed by atoms with Crippen molar-refractivity contribution >= 4 is 5.97 Å². The van der Waals surface area contributed by atoms with Crippen molar-refractivity contribution in [3.8, 4) is 5.75 Å². The Balaban J connectivity index is 1.80. The van der Waals surface area contributed by atoms with Gasteiger partial charge in [-0.15, -0.1) is 0 Å². The van der Waals surface area contributed by atoms with Crippen molar-refractivity contribution in [2.24, 2.45) is 11.8 Å². The predicted octanol–water partition coefficient (Wildman–Crippen LogP) is 2.96. The Morgan fingerprint density at radius 3 is 2.61 bits per heavy atom. The zero-order valence-corrected chi connectivity index (χ0v) is 12.8. The fourth-order valence-corrected chi connectivity index (χ4v) is 2.84. The third-order valence-electron chi connectivity index (χ3n) is 4.10. The van der Waals surface area contributed by atoms with Crippen LogP contribution in [0.25, 0.3) is 0 Å². The van der Waals surface area contributed by atoms with E-state index in [0.717, 1.165) is 11.3 Å². The Bertz CT molecular complexity index is 548. The summed E-state index contributed by atoms with van der Waals surface area (Å²) in [7, 11) is 0. The molecular weight excluding hydrogens is 311 g/mol. The van der Waals surface area contributed by atoms with Crippen LogP contribution in [0.5, 0.6) is 5.75 Å². The molecule has 1 fully saturated rings. The summed E-state index contributed by atoms with van der Waals surface area (Å²) < 4.78 is 44.3. The lowest BCUT2D eigenvalue weighted by atomic mass is 9.96. The number of hydrogen-bond donors (Lipinski definition) is 1. The van der Waals surface area contributed by atoms with E-state index in [-0.39, 0.29) is 13.1 Å². The van der Waals surface area contributed by atoms with E-state index >= 15 is 0 Å². The van der Waals surface area contributed by atoms with Crippen LogP contribution in [0.1, 0.15) is 12.0 Å². The topological polar surface area (TPSA) is 49.8 Å². The molecule has 0 saturated carbocycles. The van der Waals surface area contributed by atoms with Gasteiger partial charge < -0.3 is 14.7 Å². The van der Waals surface area contributed by atoms with Gasteiger partial charge in [0, 0.05) is 19.6 Å². The van der Waals surface area contributed by atoms with Crippen LogP contribution in [0.2, 0.25) is 0 Å². The van der Waals surface area contributed by atoms with E-state index in [4.69, 9.17) is 9.84 Å². The average molecular weight is 331 g/mol. The number of aryl methyl sites for hydroxylation is 1. The minimum Gasteiger partial charge on any atom is -0.493 e. The summed E-state index contributed by atoms with van der Waals surface area (Å²) in [5.41, 5.74) is 0.997. The van der Waals surface area contributed by atoms with Crippen LogP contribution < -0.4 is 4.74 Å². The van der Waals surface area contributed by atoms with E-state index in [1.165, 1.54) is 0 Å². The molecule has 1 saturated heterocycles. The molecule has 7 heteroatoms. The highest BCUT2D eigenvalue weighted by Crippen LogP contribution is 2.37. The molecule has 1 N–H and O–H groups in total. The minimum absolute atomic E-state index is 0.0656. The van der Waals surface area contributed by atoms with Crippen LogP contribution in [-0.2, 0) is 4.79 Å². The number of ether oxygens (including phenoxy) is 1. The number of nitrogens with zero attached hydrogens (tertiary/aromatic N) is 1. The first-order valence-corrected chi connectivity index (χ1v) is 7.49. The smallest absolute Gasteiger partial charge is 0.393 e. The van der Waals surface area contributed by atoms with Gasteiger partial charge in [0.15, 0.2) is 0 Å². The molecule has 0 spiro atoms. The first kappa shape index (κ1) is 17.6. The molecule has 0 aliphatic carbocycles.